The highest BCUT2D eigenvalue weighted by Gasteiger charge is 2.33. The maximum absolute atomic E-state index is 12.1. The fraction of sp³-hybridized carbons (Fsp3) is 0.333. The van der Waals surface area contributed by atoms with Gasteiger partial charge in [0.25, 0.3) is 0 Å². The lowest BCUT2D eigenvalue weighted by molar-refractivity contribution is -0.140. The van der Waals surface area contributed by atoms with Crippen molar-refractivity contribution in [1.82, 2.24) is 0 Å². The largest absolute Gasteiger partial charge is 0.466 e. The lowest BCUT2D eigenvalue weighted by Crippen LogP contribution is -2.39. The fourth-order valence-corrected chi connectivity index (χ4v) is 2.38. The van der Waals surface area contributed by atoms with Gasteiger partial charge in [0.1, 0.15) is 12.4 Å². The van der Waals surface area contributed by atoms with Crippen molar-refractivity contribution in [3.8, 4) is 0 Å². The third kappa shape index (κ3) is 3.08. The minimum Gasteiger partial charge on any atom is -0.466 e. The second-order valence-electron chi connectivity index (χ2n) is 4.67. The summed E-state index contributed by atoms with van der Waals surface area (Å²) < 4.78 is 14.9. The van der Waals surface area contributed by atoms with Gasteiger partial charge in [-0.2, -0.15) is 0 Å². The Labute approximate surface area is 133 Å². The molecule has 0 aliphatic carbocycles. The minimum absolute atomic E-state index is 0.0307. The first-order valence-corrected chi connectivity index (χ1v) is 6.88. The van der Waals surface area contributed by atoms with E-state index >= 15 is 0 Å². The van der Waals surface area contributed by atoms with Crippen LogP contribution in [0.4, 0.5) is 5.69 Å². The Morgan fingerprint density at radius 2 is 1.91 bits per heavy atom. The molecule has 0 atom stereocenters. The molecule has 0 N–H and O–H groups in total. The first-order chi connectivity index (χ1) is 10.5. The van der Waals surface area contributed by atoms with Crippen LogP contribution in [0.5, 0.6) is 0 Å². The van der Waals surface area contributed by atoms with Crippen molar-refractivity contribution < 1.29 is 23.8 Å². The Morgan fingerprint density at radius 1 is 1.23 bits per heavy atom. The molecule has 0 aromatic heterocycles. The van der Waals surface area contributed by atoms with Crippen LogP contribution in [0.15, 0.2) is 29.5 Å². The maximum atomic E-state index is 12.1. The Hall–Kier alpha value is -2.05. The van der Waals surface area contributed by atoms with Gasteiger partial charge in [-0.15, -0.1) is 0 Å². The number of anilines is 1. The van der Waals surface area contributed by atoms with Crippen LogP contribution in [0.2, 0.25) is 5.02 Å². The Balaban J connectivity index is 2.60. The van der Waals surface area contributed by atoms with Crippen LogP contribution in [0.25, 0.3) is 0 Å². The SMILES string of the molecule is COC(=O)C1=C(C(=O)OC)N(c2cc(C)ccc2Cl)COC1. The highest BCUT2D eigenvalue weighted by Crippen LogP contribution is 2.33. The lowest BCUT2D eigenvalue weighted by atomic mass is 10.1. The standard InChI is InChI=1S/C15H16ClNO5/c1-9-4-5-11(16)12(6-9)17-8-22-7-10(14(18)20-2)13(17)15(19)21-3/h4-6H,7-8H2,1-3H3. The molecule has 0 radical (unpaired) electrons. The summed E-state index contributed by atoms with van der Waals surface area (Å²) in [5, 5.41) is 0.432. The van der Waals surface area contributed by atoms with E-state index in [1.165, 1.54) is 19.1 Å². The summed E-state index contributed by atoms with van der Waals surface area (Å²) in [6, 6.07) is 5.36. The maximum Gasteiger partial charge on any atom is 0.355 e. The van der Waals surface area contributed by atoms with Gasteiger partial charge in [-0.3, -0.25) is 0 Å². The Kier molecular flexibility index (Phi) is 5.05. The molecule has 0 saturated heterocycles. The molecule has 2 rings (SSSR count). The van der Waals surface area contributed by atoms with Crippen LogP contribution in [0.1, 0.15) is 5.56 Å². The molecule has 0 spiro atoms. The van der Waals surface area contributed by atoms with E-state index in [0.29, 0.717) is 10.7 Å². The number of benzene rings is 1. The van der Waals surface area contributed by atoms with Gasteiger partial charge in [0.2, 0.25) is 0 Å². The van der Waals surface area contributed by atoms with E-state index in [4.69, 9.17) is 25.8 Å². The molecule has 1 aliphatic heterocycles. The minimum atomic E-state index is -0.652. The van der Waals surface area contributed by atoms with Crippen molar-refractivity contribution >= 4 is 29.2 Å². The van der Waals surface area contributed by atoms with Crippen LogP contribution in [-0.2, 0) is 23.8 Å². The quantitative estimate of drug-likeness (QED) is 0.792. The van der Waals surface area contributed by atoms with Gasteiger partial charge in [0.05, 0.1) is 37.1 Å². The highest BCUT2D eigenvalue weighted by atomic mass is 35.5. The first kappa shape index (κ1) is 16.3. The molecular weight excluding hydrogens is 310 g/mol. The topological polar surface area (TPSA) is 65.1 Å². The number of hydrogen-bond donors (Lipinski definition) is 0. The van der Waals surface area contributed by atoms with Crippen molar-refractivity contribution in [3.63, 3.8) is 0 Å². The summed E-state index contributed by atoms with van der Waals surface area (Å²) in [5.74, 6) is -1.30. The van der Waals surface area contributed by atoms with Gasteiger partial charge in [-0.25, -0.2) is 9.59 Å². The average molecular weight is 326 g/mol. The first-order valence-electron chi connectivity index (χ1n) is 6.50. The van der Waals surface area contributed by atoms with Gasteiger partial charge >= 0.3 is 11.9 Å². The number of ether oxygens (including phenoxy) is 3. The van der Waals surface area contributed by atoms with Crippen molar-refractivity contribution in [1.29, 1.82) is 0 Å². The summed E-state index contributed by atoms with van der Waals surface area (Å²) >= 11 is 6.22. The van der Waals surface area contributed by atoms with Crippen molar-refractivity contribution in [3.05, 3.63) is 40.1 Å². The van der Waals surface area contributed by atoms with Crippen molar-refractivity contribution in [2.75, 3.05) is 32.5 Å². The molecule has 1 aromatic carbocycles. The van der Waals surface area contributed by atoms with Gasteiger partial charge in [-0.05, 0) is 24.6 Å². The second-order valence-corrected chi connectivity index (χ2v) is 5.08. The summed E-state index contributed by atoms with van der Waals surface area (Å²) in [7, 11) is 2.48. The summed E-state index contributed by atoms with van der Waals surface area (Å²) in [4.78, 5) is 25.6. The fourth-order valence-electron chi connectivity index (χ4n) is 2.16. The molecule has 0 bridgehead atoms. The van der Waals surface area contributed by atoms with Gasteiger partial charge < -0.3 is 19.1 Å². The van der Waals surface area contributed by atoms with E-state index in [1.807, 2.05) is 13.0 Å². The monoisotopic (exact) mass is 325 g/mol. The molecule has 1 aliphatic rings. The van der Waals surface area contributed by atoms with Crippen LogP contribution in [-0.4, -0.2) is 39.5 Å². The average Bonchev–Trinajstić information content (AvgIpc) is 2.54. The van der Waals surface area contributed by atoms with Crippen molar-refractivity contribution in [2.24, 2.45) is 0 Å². The van der Waals surface area contributed by atoms with Crippen molar-refractivity contribution in [2.45, 2.75) is 6.92 Å². The summed E-state index contributed by atoms with van der Waals surface area (Å²) in [6.07, 6.45) is 0. The molecular formula is C15H16ClNO5. The number of carbonyl (C=O) groups is 2. The number of aryl methyl sites for hydroxylation is 1. The highest BCUT2D eigenvalue weighted by molar-refractivity contribution is 6.33. The molecule has 1 aromatic rings. The smallest absolute Gasteiger partial charge is 0.355 e. The zero-order valence-corrected chi connectivity index (χ0v) is 13.3. The second kappa shape index (κ2) is 6.81. The zero-order valence-electron chi connectivity index (χ0n) is 12.5. The van der Waals surface area contributed by atoms with E-state index in [-0.39, 0.29) is 24.6 Å². The van der Waals surface area contributed by atoms with E-state index in [0.717, 1.165) is 5.56 Å². The zero-order chi connectivity index (χ0) is 16.3. The lowest BCUT2D eigenvalue weighted by Gasteiger charge is -2.32. The summed E-state index contributed by atoms with van der Waals surface area (Å²) in [5.41, 5.74) is 1.68. The Bertz CT molecular complexity index is 641. The van der Waals surface area contributed by atoms with Crippen LogP contribution >= 0.6 is 11.6 Å². The molecule has 0 unspecified atom stereocenters. The Morgan fingerprint density at radius 3 is 2.55 bits per heavy atom. The van der Waals surface area contributed by atoms with E-state index in [1.54, 1.807) is 12.1 Å². The number of esters is 2. The predicted molar refractivity (Wildman–Crippen MR) is 80.5 cm³/mol. The van der Waals surface area contributed by atoms with Gasteiger partial charge in [0.15, 0.2) is 0 Å². The molecule has 0 saturated carbocycles. The third-order valence-electron chi connectivity index (χ3n) is 3.23. The molecule has 1 heterocycles. The number of methoxy groups -OCH3 is 2. The predicted octanol–water partition coefficient (Wildman–Crippen LogP) is 2.04. The van der Waals surface area contributed by atoms with Crippen LogP contribution < -0.4 is 4.90 Å². The molecule has 7 heteroatoms. The normalized spacial score (nSPS) is 14.8. The molecule has 6 nitrogen and oxygen atoms in total. The number of carbonyl (C=O) groups excluding carboxylic acids is 2. The number of rotatable bonds is 3. The molecule has 118 valence electrons. The van der Waals surface area contributed by atoms with E-state index in [2.05, 4.69) is 0 Å². The number of halogens is 1. The van der Waals surface area contributed by atoms with Gasteiger partial charge in [0, 0.05) is 0 Å². The third-order valence-corrected chi connectivity index (χ3v) is 3.55. The summed E-state index contributed by atoms with van der Waals surface area (Å²) in [6.45, 7) is 1.94. The number of nitrogens with zero attached hydrogens (tertiary/aromatic N) is 1. The van der Waals surface area contributed by atoms with Gasteiger partial charge in [-0.1, -0.05) is 17.7 Å². The van der Waals surface area contributed by atoms with Crippen LogP contribution in [0, 0.1) is 6.92 Å². The van der Waals surface area contributed by atoms with Crippen LogP contribution in [0.3, 0.4) is 0 Å². The molecule has 0 amide bonds. The molecule has 22 heavy (non-hydrogen) atoms. The number of hydrogen-bond acceptors (Lipinski definition) is 6. The van der Waals surface area contributed by atoms with E-state index in [9.17, 15) is 9.59 Å². The van der Waals surface area contributed by atoms with E-state index < -0.39 is 11.9 Å². The molecule has 0 fully saturated rings.